The highest BCUT2D eigenvalue weighted by molar-refractivity contribution is 5.95. The number of amides is 1. The van der Waals surface area contributed by atoms with Crippen LogP contribution >= 0.6 is 0 Å². The molecule has 0 radical (unpaired) electrons. The normalized spacial score (nSPS) is 17.0. The summed E-state index contributed by atoms with van der Waals surface area (Å²) in [5.41, 5.74) is 0.881. The van der Waals surface area contributed by atoms with Crippen LogP contribution in [-0.4, -0.2) is 53.2 Å². The molecule has 2 rings (SSSR count). The molecule has 1 aromatic rings. The molecule has 1 aromatic heterocycles. The number of carbonyl (C=O) groups excluding carboxylic acids is 2. The summed E-state index contributed by atoms with van der Waals surface area (Å²) >= 11 is 0. The molecule has 0 aliphatic carbocycles. The Balaban J connectivity index is 2.14. The SMILES string of the molecule is COC(=O)C1CCCN1C(=O)c1ccc(C#CCO)cn1. The van der Waals surface area contributed by atoms with Crippen LogP contribution in [0.25, 0.3) is 0 Å². The number of rotatable bonds is 2. The number of esters is 1. The van der Waals surface area contributed by atoms with Gasteiger partial charge in [0, 0.05) is 18.3 Å². The molecule has 6 heteroatoms. The third-order valence-corrected chi connectivity index (χ3v) is 3.28. The van der Waals surface area contributed by atoms with Crippen LogP contribution in [0.2, 0.25) is 0 Å². The predicted octanol–water partition coefficient (Wildman–Crippen LogP) is 0.203. The van der Waals surface area contributed by atoms with Gasteiger partial charge in [0.2, 0.25) is 0 Å². The molecule has 1 atom stereocenters. The van der Waals surface area contributed by atoms with Gasteiger partial charge in [0.15, 0.2) is 0 Å². The topological polar surface area (TPSA) is 79.7 Å². The number of carbonyl (C=O) groups is 2. The number of aliphatic hydroxyl groups excluding tert-OH is 1. The maximum Gasteiger partial charge on any atom is 0.328 e. The summed E-state index contributed by atoms with van der Waals surface area (Å²) in [5.74, 6) is 4.53. The number of nitrogens with zero attached hydrogens (tertiary/aromatic N) is 2. The van der Waals surface area contributed by atoms with Crippen molar-refractivity contribution in [3.63, 3.8) is 0 Å². The zero-order valence-corrected chi connectivity index (χ0v) is 11.7. The van der Waals surface area contributed by atoms with Gasteiger partial charge in [-0.25, -0.2) is 9.78 Å². The predicted molar refractivity (Wildman–Crippen MR) is 74.3 cm³/mol. The van der Waals surface area contributed by atoms with Crippen LogP contribution in [0.1, 0.15) is 28.9 Å². The Bertz CT molecular complexity index is 586. The van der Waals surface area contributed by atoms with Gasteiger partial charge in [0.1, 0.15) is 18.3 Å². The van der Waals surface area contributed by atoms with Crippen LogP contribution in [0.4, 0.5) is 0 Å². The summed E-state index contributed by atoms with van der Waals surface area (Å²) in [6.45, 7) is 0.293. The fraction of sp³-hybridized carbons (Fsp3) is 0.400. The minimum Gasteiger partial charge on any atom is -0.467 e. The quantitative estimate of drug-likeness (QED) is 0.621. The number of hydrogen-bond donors (Lipinski definition) is 1. The fourth-order valence-electron chi connectivity index (χ4n) is 2.27. The van der Waals surface area contributed by atoms with E-state index in [9.17, 15) is 9.59 Å². The molecule has 21 heavy (non-hydrogen) atoms. The minimum atomic E-state index is -0.529. The second-order valence-corrected chi connectivity index (χ2v) is 4.57. The highest BCUT2D eigenvalue weighted by Crippen LogP contribution is 2.20. The molecule has 1 saturated heterocycles. The average Bonchev–Trinajstić information content (AvgIpc) is 3.01. The van der Waals surface area contributed by atoms with E-state index < -0.39 is 12.0 Å². The molecule has 0 aromatic carbocycles. The van der Waals surface area contributed by atoms with Crippen molar-refractivity contribution in [3.8, 4) is 11.8 Å². The Morgan fingerprint density at radius 3 is 2.95 bits per heavy atom. The van der Waals surface area contributed by atoms with Crippen LogP contribution in [-0.2, 0) is 9.53 Å². The van der Waals surface area contributed by atoms with Gasteiger partial charge in [0.05, 0.1) is 7.11 Å². The fourth-order valence-corrected chi connectivity index (χ4v) is 2.27. The molecule has 110 valence electrons. The smallest absolute Gasteiger partial charge is 0.328 e. The average molecular weight is 288 g/mol. The first-order valence-electron chi connectivity index (χ1n) is 6.62. The zero-order chi connectivity index (χ0) is 15.2. The first-order chi connectivity index (χ1) is 10.2. The molecular weight excluding hydrogens is 272 g/mol. The molecule has 1 aliphatic rings. The molecule has 1 unspecified atom stereocenters. The molecule has 1 fully saturated rings. The first kappa shape index (κ1) is 15.0. The van der Waals surface area contributed by atoms with Gasteiger partial charge in [0.25, 0.3) is 5.91 Å². The molecule has 1 amide bonds. The Hall–Kier alpha value is -2.39. The molecule has 0 spiro atoms. The van der Waals surface area contributed by atoms with Gasteiger partial charge in [-0.3, -0.25) is 4.79 Å². The van der Waals surface area contributed by atoms with Crippen molar-refractivity contribution in [1.82, 2.24) is 9.88 Å². The van der Waals surface area contributed by atoms with E-state index in [0.717, 1.165) is 6.42 Å². The molecule has 0 bridgehead atoms. The number of pyridine rings is 1. The zero-order valence-electron chi connectivity index (χ0n) is 11.7. The third kappa shape index (κ3) is 3.38. The molecule has 2 heterocycles. The van der Waals surface area contributed by atoms with E-state index in [-0.39, 0.29) is 18.2 Å². The lowest BCUT2D eigenvalue weighted by molar-refractivity contribution is -0.145. The second kappa shape index (κ2) is 6.86. The van der Waals surface area contributed by atoms with Gasteiger partial charge in [-0.1, -0.05) is 11.8 Å². The summed E-state index contributed by atoms with van der Waals surface area (Å²) in [7, 11) is 1.32. The van der Waals surface area contributed by atoms with Crippen LogP contribution in [0.3, 0.4) is 0 Å². The summed E-state index contributed by atoms with van der Waals surface area (Å²) in [6.07, 6.45) is 2.85. The van der Waals surface area contributed by atoms with E-state index >= 15 is 0 Å². The third-order valence-electron chi connectivity index (χ3n) is 3.28. The monoisotopic (exact) mass is 288 g/mol. The second-order valence-electron chi connectivity index (χ2n) is 4.57. The van der Waals surface area contributed by atoms with Crippen molar-refractivity contribution in [3.05, 3.63) is 29.6 Å². The van der Waals surface area contributed by atoms with E-state index in [1.807, 2.05) is 0 Å². The van der Waals surface area contributed by atoms with Crippen LogP contribution < -0.4 is 0 Å². The Labute approximate surface area is 122 Å². The number of likely N-dealkylation sites (tertiary alicyclic amines) is 1. The number of aliphatic hydroxyl groups is 1. The number of aromatic nitrogens is 1. The van der Waals surface area contributed by atoms with Gasteiger partial charge in [-0.05, 0) is 25.0 Å². The number of hydrogen-bond acceptors (Lipinski definition) is 5. The summed E-state index contributed by atoms with van der Waals surface area (Å²) in [4.78, 5) is 29.6. The lowest BCUT2D eigenvalue weighted by atomic mass is 10.2. The van der Waals surface area contributed by atoms with E-state index in [0.29, 0.717) is 18.5 Å². The lowest BCUT2D eigenvalue weighted by Gasteiger charge is -2.22. The van der Waals surface area contributed by atoms with Crippen molar-refractivity contribution in [2.75, 3.05) is 20.3 Å². The highest BCUT2D eigenvalue weighted by Gasteiger charge is 2.35. The van der Waals surface area contributed by atoms with E-state index in [1.54, 1.807) is 12.1 Å². The van der Waals surface area contributed by atoms with Gasteiger partial charge in [-0.15, -0.1) is 0 Å². The van der Waals surface area contributed by atoms with Crippen molar-refractivity contribution in [1.29, 1.82) is 0 Å². The van der Waals surface area contributed by atoms with Crippen molar-refractivity contribution in [2.45, 2.75) is 18.9 Å². The summed E-state index contributed by atoms with van der Waals surface area (Å²) in [5, 5.41) is 8.62. The summed E-state index contributed by atoms with van der Waals surface area (Å²) in [6, 6.07) is 2.70. The molecule has 1 N–H and O–H groups in total. The molecule has 1 aliphatic heterocycles. The van der Waals surface area contributed by atoms with Crippen molar-refractivity contribution >= 4 is 11.9 Å². The van der Waals surface area contributed by atoms with Gasteiger partial charge in [-0.2, -0.15) is 0 Å². The molecule has 6 nitrogen and oxygen atoms in total. The largest absolute Gasteiger partial charge is 0.467 e. The first-order valence-corrected chi connectivity index (χ1v) is 6.62. The maximum atomic E-state index is 12.4. The number of ether oxygens (including phenoxy) is 1. The van der Waals surface area contributed by atoms with E-state index in [2.05, 4.69) is 16.8 Å². The standard InChI is InChI=1S/C15H16N2O4/c1-21-15(20)13-5-2-8-17(13)14(19)12-7-6-11(10-16-12)4-3-9-18/h6-7,10,13,18H,2,5,8-9H2,1H3. The summed E-state index contributed by atoms with van der Waals surface area (Å²) < 4.78 is 4.72. The van der Waals surface area contributed by atoms with Gasteiger partial charge < -0.3 is 14.7 Å². The lowest BCUT2D eigenvalue weighted by Crippen LogP contribution is -2.41. The van der Waals surface area contributed by atoms with E-state index in [1.165, 1.54) is 18.2 Å². The van der Waals surface area contributed by atoms with Crippen LogP contribution in [0, 0.1) is 11.8 Å². The van der Waals surface area contributed by atoms with Crippen molar-refractivity contribution in [2.24, 2.45) is 0 Å². The van der Waals surface area contributed by atoms with Crippen molar-refractivity contribution < 1.29 is 19.4 Å². The Kier molecular flexibility index (Phi) is 4.90. The Morgan fingerprint density at radius 1 is 1.52 bits per heavy atom. The molecule has 0 saturated carbocycles. The van der Waals surface area contributed by atoms with Crippen LogP contribution in [0.15, 0.2) is 18.3 Å². The van der Waals surface area contributed by atoms with E-state index in [4.69, 9.17) is 9.84 Å². The molecular formula is C15H16N2O4. The van der Waals surface area contributed by atoms with Gasteiger partial charge >= 0.3 is 5.97 Å². The maximum absolute atomic E-state index is 12.4. The minimum absolute atomic E-state index is 0.227. The van der Waals surface area contributed by atoms with Crippen LogP contribution in [0.5, 0.6) is 0 Å². The highest BCUT2D eigenvalue weighted by atomic mass is 16.5. The Morgan fingerprint density at radius 2 is 2.33 bits per heavy atom. The number of methoxy groups -OCH3 is 1.